The number of ether oxygens (including phenoxy) is 2. The highest BCUT2D eigenvalue weighted by Gasteiger charge is 2.31. The van der Waals surface area contributed by atoms with Crippen LogP contribution in [0.4, 0.5) is 26.3 Å². The van der Waals surface area contributed by atoms with E-state index in [0.29, 0.717) is 56.3 Å². The summed E-state index contributed by atoms with van der Waals surface area (Å²) in [4.78, 5) is 30.6. The second-order valence-corrected chi connectivity index (χ2v) is 12.6. The number of amides is 1. The Morgan fingerprint density at radius 3 is 2.25 bits per heavy atom. The van der Waals surface area contributed by atoms with Crippen molar-refractivity contribution in [3.63, 3.8) is 0 Å². The van der Waals surface area contributed by atoms with Gasteiger partial charge in [0, 0.05) is 56.3 Å². The van der Waals surface area contributed by atoms with Crippen molar-refractivity contribution in [3.8, 4) is 40.4 Å². The van der Waals surface area contributed by atoms with E-state index in [-0.39, 0.29) is 34.9 Å². The van der Waals surface area contributed by atoms with Gasteiger partial charge in [0.15, 0.2) is 6.61 Å². The summed E-state index contributed by atoms with van der Waals surface area (Å²) in [5, 5.41) is 4.66. The molecule has 0 aliphatic carbocycles. The maximum atomic E-state index is 13.8. The molecule has 3 aromatic heterocycles. The maximum Gasteiger partial charge on any atom is 0.422 e. The molecular formula is C38H31F6N7O4. The number of halogens is 6. The van der Waals surface area contributed by atoms with Crippen LogP contribution in [0.25, 0.3) is 33.9 Å². The van der Waals surface area contributed by atoms with Crippen LogP contribution >= 0.6 is 0 Å². The Morgan fingerprint density at radius 1 is 0.873 bits per heavy atom. The van der Waals surface area contributed by atoms with Gasteiger partial charge in [-0.05, 0) is 48.0 Å². The third-order valence-corrected chi connectivity index (χ3v) is 8.76. The molecule has 11 nitrogen and oxygen atoms in total. The molecule has 0 unspecified atom stereocenters. The number of hydrogen-bond acceptors (Lipinski definition) is 9. The summed E-state index contributed by atoms with van der Waals surface area (Å²) >= 11 is 0. The molecule has 0 N–H and O–H groups in total. The molecule has 3 aromatic carbocycles. The van der Waals surface area contributed by atoms with Gasteiger partial charge in [0.05, 0.1) is 23.5 Å². The third-order valence-electron chi connectivity index (χ3n) is 8.76. The topological polar surface area (TPSA) is 112 Å². The normalized spacial score (nSPS) is 14.0. The van der Waals surface area contributed by atoms with Crippen molar-refractivity contribution in [2.45, 2.75) is 25.4 Å². The fourth-order valence-corrected chi connectivity index (χ4v) is 6.04. The van der Waals surface area contributed by atoms with Gasteiger partial charge in [-0.3, -0.25) is 9.69 Å². The van der Waals surface area contributed by atoms with Crippen molar-refractivity contribution in [1.29, 1.82) is 0 Å². The van der Waals surface area contributed by atoms with Crippen molar-refractivity contribution in [3.05, 3.63) is 115 Å². The molecule has 1 fully saturated rings. The van der Waals surface area contributed by atoms with Crippen LogP contribution in [0.3, 0.4) is 0 Å². The van der Waals surface area contributed by atoms with E-state index in [1.165, 1.54) is 36.7 Å². The lowest BCUT2D eigenvalue weighted by molar-refractivity contribution is -0.153. The van der Waals surface area contributed by atoms with Crippen LogP contribution in [0, 0.1) is 0 Å². The van der Waals surface area contributed by atoms with Crippen molar-refractivity contribution in [2.24, 2.45) is 0 Å². The van der Waals surface area contributed by atoms with Gasteiger partial charge in [0.2, 0.25) is 11.7 Å². The Hall–Kier alpha value is -6.23. The molecule has 55 heavy (non-hydrogen) atoms. The third kappa shape index (κ3) is 8.78. The minimum Gasteiger partial charge on any atom is -0.484 e. The molecule has 0 spiro atoms. The lowest BCUT2D eigenvalue weighted by Gasteiger charge is -2.35. The summed E-state index contributed by atoms with van der Waals surface area (Å²) in [6, 6.07) is 18.1. The van der Waals surface area contributed by atoms with Crippen molar-refractivity contribution in [2.75, 3.05) is 32.8 Å². The first-order valence-corrected chi connectivity index (χ1v) is 16.9. The average molecular weight is 764 g/mol. The second-order valence-electron chi connectivity index (χ2n) is 12.6. The van der Waals surface area contributed by atoms with Crippen LogP contribution in [0.1, 0.15) is 21.6 Å². The van der Waals surface area contributed by atoms with Gasteiger partial charge in [0.1, 0.15) is 22.9 Å². The Labute approximate surface area is 309 Å². The summed E-state index contributed by atoms with van der Waals surface area (Å²) in [5.41, 5.74) is 1.93. The van der Waals surface area contributed by atoms with Gasteiger partial charge in [0.25, 0.3) is 11.8 Å². The van der Waals surface area contributed by atoms with E-state index < -0.39 is 24.5 Å². The molecule has 6 aromatic rings. The SMILES string of the molecule is C=CCn1c(C(=O)N2CCN(Cc3ccc(OCC(F)(F)F)cc3)CC2)cc2ccc(Oc3cnc(-c4nc(-c5ccc(C(F)(F)F)cc5)no4)cn3)cc21. The summed E-state index contributed by atoms with van der Waals surface area (Å²) < 4.78 is 94.0. The second kappa shape index (κ2) is 15.3. The monoisotopic (exact) mass is 763 g/mol. The predicted octanol–water partition coefficient (Wildman–Crippen LogP) is 8.04. The first-order chi connectivity index (χ1) is 26.3. The highest BCUT2D eigenvalue weighted by molar-refractivity contribution is 5.99. The number of hydrogen-bond donors (Lipinski definition) is 0. The standard InChI is InChI=1S/C38H31F6N7O4/c1-2-13-51-31-19-29(54-33-21-45-30(20-46-33)35-47-34(48-55-35)25-5-8-27(9-6-25)38(42,43)44)12-7-26(31)18-32(51)36(52)50-16-14-49(15-17-50)22-24-3-10-28(11-4-24)53-23-37(39,40)41/h2-12,18-21H,1,13-17,22-23H2. The highest BCUT2D eigenvalue weighted by Crippen LogP contribution is 2.32. The molecule has 7 rings (SSSR count). The number of carbonyl (C=O) groups excluding carboxylic acids is 1. The van der Waals surface area contributed by atoms with E-state index in [4.69, 9.17) is 14.0 Å². The summed E-state index contributed by atoms with van der Waals surface area (Å²) in [6.07, 6.45) is -4.44. The van der Waals surface area contributed by atoms with Gasteiger partial charge in [-0.15, -0.1) is 6.58 Å². The van der Waals surface area contributed by atoms with E-state index in [9.17, 15) is 31.1 Å². The predicted molar refractivity (Wildman–Crippen MR) is 187 cm³/mol. The van der Waals surface area contributed by atoms with Crippen molar-refractivity contribution < 1.29 is 45.1 Å². The Bertz CT molecular complexity index is 2280. The summed E-state index contributed by atoms with van der Waals surface area (Å²) in [5.74, 6) is 0.719. The number of alkyl halides is 6. The lowest BCUT2D eigenvalue weighted by Crippen LogP contribution is -2.48. The molecule has 0 saturated carbocycles. The first kappa shape index (κ1) is 37.1. The van der Waals surface area contributed by atoms with E-state index in [0.717, 1.165) is 28.6 Å². The zero-order valence-corrected chi connectivity index (χ0v) is 28.8. The van der Waals surface area contributed by atoms with Crippen LogP contribution in [-0.4, -0.2) is 79.3 Å². The van der Waals surface area contributed by atoms with E-state index in [2.05, 4.69) is 31.6 Å². The summed E-state index contributed by atoms with van der Waals surface area (Å²) in [7, 11) is 0. The minimum atomic E-state index is -4.46. The van der Waals surface area contributed by atoms with E-state index in [1.807, 2.05) is 16.7 Å². The van der Waals surface area contributed by atoms with E-state index in [1.54, 1.807) is 35.2 Å². The van der Waals surface area contributed by atoms with Crippen molar-refractivity contribution in [1.82, 2.24) is 34.5 Å². The summed E-state index contributed by atoms with van der Waals surface area (Å²) in [6.45, 7) is 5.68. The van der Waals surface area contributed by atoms with Crippen LogP contribution < -0.4 is 9.47 Å². The smallest absolute Gasteiger partial charge is 0.422 e. The van der Waals surface area contributed by atoms with Crippen LogP contribution in [0.2, 0.25) is 0 Å². The Balaban J connectivity index is 0.980. The quantitative estimate of drug-likeness (QED) is 0.0957. The zero-order chi connectivity index (χ0) is 38.7. The van der Waals surface area contributed by atoms with Gasteiger partial charge in [-0.25, -0.2) is 9.97 Å². The van der Waals surface area contributed by atoms with Crippen LogP contribution in [-0.2, 0) is 19.3 Å². The molecule has 4 heterocycles. The van der Waals surface area contributed by atoms with Gasteiger partial charge >= 0.3 is 12.4 Å². The average Bonchev–Trinajstić information content (AvgIpc) is 3.80. The molecule has 0 atom stereocenters. The Morgan fingerprint density at radius 2 is 1.60 bits per heavy atom. The van der Waals surface area contributed by atoms with E-state index >= 15 is 0 Å². The number of rotatable bonds is 11. The minimum absolute atomic E-state index is 0.0161. The number of fused-ring (bicyclic) bond motifs is 1. The molecule has 17 heteroatoms. The number of carbonyl (C=O) groups is 1. The molecule has 1 aliphatic heterocycles. The van der Waals surface area contributed by atoms with Gasteiger partial charge in [-0.1, -0.05) is 35.5 Å². The number of aromatic nitrogens is 5. The number of allylic oxidation sites excluding steroid dienone is 1. The number of piperazine rings is 1. The van der Waals surface area contributed by atoms with Crippen LogP contribution in [0.5, 0.6) is 17.4 Å². The zero-order valence-electron chi connectivity index (χ0n) is 28.8. The molecule has 1 saturated heterocycles. The largest absolute Gasteiger partial charge is 0.484 e. The van der Waals surface area contributed by atoms with Crippen molar-refractivity contribution >= 4 is 16.8 Å². The first-order valence-electron chi connectivity index (χ1n) is 16.9. The van der Waals surface area contributed by atoms with Gasteiger partial charge < -0.3 is 23.5 Å². The fourth-order valence-electron chi connectivity index (χ4n) is 6.04. The molecule has 0 bridgehead atoms. The Kier molecular flexibility index (Phi) is 10.3. The molecule has 1 aliphatic rings. The maximum absolute atomic E-state index is 13.8. The molecular weight excluding hydrogens is 732 g/mol. The fraction of sp³-hybridized carbons (Fsp3) is 0.237. The molecule has 284 valence electrons. The number of benzene rings is 3. The highest BCUT2D eigenvalue weighted by atomic mass is 19.4. The van der Waals surface area contributed by atoms with Crippen LogP contribution in [0.15, 0.2) is 102 Å². The molecule has 0 radical (unpaired) electrons. The van der Waals surface area contributed by atoms with Gasteiger partial charge in [-0.2, -0.15) is 31.3 Å². The number of nitrogens with zero attached hydrogens (tertiary/aromatic N) is 7. The lowest BCUT2D eigenvalue weighted by atomic mass is 10.1. The molecule has 1 amide bonds.